The summed E-state index contributed by atoms with van der Waals surface area (Å²) in [7, 11) is 0. The summed E-state index contributed by atoms with van der Waals surface area (Å²) in [5, 5.41) is 0. The summed E-state index contributed by atoms with van der Waals surface area (Å²) in [6.07, 6.45) is 3.64. The van der Waals surface area contributed by atoms with E-state index < -0.39 is 0 Å². The summed E-state index contributed by atoms with van der Waals surface area (Å²) < 4.78 is 0. The zero-order chi connectivity index (χ0) is 6.85. The van der Waals surface area contributed by atoms with E-state index in [9.17, 15) is 0 Å². The fourth-order valence-electron chi connectivity index (χ4n) is 1.50. The minimum absolute atomic E-state index is 0.721. The fourth-order valence-corrected chi connectivity index (χ4v) is 1.50. The van der Waals surface area contributed by atoms with Gasteiger partial charge in [-0.2, -0.15) is 0 Å². The molecule has 0 aromatic carbocycles. The van der Waals surface area contributed by atoms with Crippen LogP contribution < -0.4 is 0 Å². The van der Waals surface area contributed by atoms with Gasteiger partial charge in [-0.15, -0.1) is 0 Å². The zero-order valence-electron chi connectivity index (χ0n) is 6.59. The normalized spacial score (nSPS) is 30.0. The Morgan fingerprint density at radius 1 is 1.56 bits per heavy atom. The molecule has 1 aliphatic rings. The second-order valence-corrected chi connectivity index (χ2v) is 3.16. The van der Waals surface area contributed by atoms with Gasteiger partial charge in [-0.3, -0.25) is 4.90 Å². The van der Waals surface area contributed by atoms with E-state index in [4.69, 9.17) is 0 Å². The van der Waals surface area contributed by atoms with Crippen LogP contribution in [0, 0.1) is 6.42 Å². The topological polar surface area (TPSA) is 3.24 Å². The van der Waals surface area contributed by atoms with E-state index in [-0.39, 0.29) is 0 Å². The van der Waals surface area contributed by atoms with E-state index in [1.54, 1.807) is 0 Å². The molecular weight excluding hydrogens is 110 g/mol. The summed E-state index contributed by atoms with van der Waals surface area (Å²) in [6.45, 7) is 8.01. The van der Waals surface area contributed by atoms with Gasteiger partial charge < -0.3 is 0 Å². The van der Waals surface area contributed by atoms with Crippen molar-refractivity contribution in [2.45, 2.75) is 39.3 Å². The highest BCUT2D eigenvalue weighted by Crippen LogP contribution is 2.17. The average molecular weight is 126 g/mol. The van der Waals surface area contributed by atoms with Crippen LogP contribution in [0.4, 0.5) is 0 Å². The van der Waals surface area contributed by atoms with Crippen molar-refractivity contribution in [2.75, 3.05) is 6.54 Å². The lowest BCUT2D eigenvalue weighted by atomic mass is 10.2. The maximum Gasteiger partial charge on any atom is 0.00729 e. The lowest BCUT2D eigenvalue weighted by molar-refractivity contribution is 0.218. The molecule has 1 saturated heterocycles. The minimum Gasteiger partial charge on any atom is -0.298 e. The number of likely N-dealkylation sites (tertiary alicyclic amines) is 1. The molecule has 0 aliphatic carbocycles. The average Bonchev–Trinajstić information content (AvgIpc) is 2.13. The predicted molar refractivity (Wildman–Crippen MR) is 40.2 cm³/mol. The Kier molecular flexibility index (Phi) is 2.12. The Balaban J connectivity index is 2.40. The number of rotatable bonds is 1. The van der Waals surface area contributed by atoms with Crippen molar-refractivity contribution in [1.82, 2.24) is 4.90 Å². The summed E-state index contributed by atoms with van der Waals surface area (Å²) in [5.74, 6) is 0. The van der Waals surface area contributed by atoms with Gasteiger partial charge in [0.05, 0.1) is 0 Å². The summed E-state index contributed by atoms with van der Waals surface area (Å²) in [6, 6.07) is 1.50. The summed E-state index contributed by atoms with van der Waals surface area (Å²) >= 11 is 0. The van der Waals surface area contributed by atoms with Gasteiger partial charge in [0.25, 0.3) is 0 Å². The first-order valence-corrected chi connectivity index (χ1v) is 3.79. The van der Waals surface area contributed by atoms with Gasteiger partial charge in [0.2, 0.25) is 0 Å². The van der Waals surface area contributed by atoms with Gasteiger partial charge in [-0.05, 0) is 33.6 Å². The third-order valence-electron chi connectivity index (χ3n) is 2.08. The van der Waals surface area contributed by atoms with Crippen LogP contribution in [0.2, 0.25) is 0 Å². The van der Waals surface area contributed by atoms with Gasteiger partial charge in [0.15, 0.2) is 0 Å². The molecule has 1 unspecified atom stereocenters. The molecule has 0 amide bonds. The van der Waals surface area contributed by atoms with Crippen molar-refractivity contribution in [3.63, 3.8) is 0 Å². The molecule has 0 bridgehead atoms. The molecule has 1 atom stereocenters. The minimum atomic E-state index is 0.721. The molecule has 0 aromatic rings. The first-order chi connectivity index (χ1) is 4.22. The lowest BCUT2D eigenvalue weighted by Gasteiger charge is -2.24. The van der Waals surface area contributed by atoms with Crippen LogP contribution in [0.5, 0.6) is 0 Å². The Bertz CT molecular complexity index is 88.6. The van der Waals surface area contributed by atoms with Gasteiger partial charge in [-0.1, -0.05) is 0 Å². The summed E-state index contributed by atoms with van der Waals surface area (Å²) in [5.41, 5.74) is 0. The molecular formula is C8H16N. The molecule has 0 saturated carbocycles. The van der Waals surface area contributed by atoms with Crippen molar-refractivity contribution in [3.05, 3.63) is 6.42 Å². The highest BCUT2D eigenvalue weighted by atomic mass is 15.2. The van der Waals surface area contributed by atoms with Gasteiger partial charge in [0, 0.05) is 18.6 Å². The third kappa shape index (κ3) is 1.45. The Hall–Kier alpha value is -0.0400. The molecule has 1 heteroatoms. The van der Waals surface area contributed by atoms with Gasteiger partial charge in [0.1, 0.15) is 0 Å². The first-order valence-electron chi connectivity index (χ1n) is 3.79. The van der Waals surface area contributed by atoms with E-state index in [1.165, 1.54) is 13.0 Å². The maximum absolute atomic E-state index is 2.51. The molecule has 1 aliphatic heterocycles. The van der Waals surface area contributed by atoms with E-state index in [0.29, 0.717) is 0 Å². The largest absolute Gasteiger partial charge is 0.298 e. The van der Waals surface area contributed by atoms with Crippen LogP contribution in [0.15, 0.2) is 0 Å². The quantitative estimate of drug-likeness (QED) is 0.517. The van der Waals surface area contributed by atoms with Crippen molar-refractivity contribution in [1.29, 1.82) is 0 Å². The molecule has 1 rings (SSSR count). The second-order valence-electron chi connectivity index (χ2n) is 3.16. The van der Waals surface area contributed by atoms with Crippen molar-refractivity contribution < 1.29 is 0 Å². The number of hydrogen-bond donors (Lipinski definition) is 0. The van der Waals surface area contributed by atoms with Crippen molar-refractivity contribution in [2.24, 2.45) is 0 Å². The highest BCUT2D eigenvalue weighted by molar-refractivity contribution is 4.88. The van der Waals surface area contributed by atoms with Crippen LogP contribution >= 0.6 is 0 Å². The second kappa shape index (κ2) is 2.70. The smallest absolute Gasteiger partial charge is 0.00729 e. The third-order valence-corrected chi connectivity index (χ3v) is 2.08. The Labute approximate surface area is 58.0 Å². The molecule has 1 fully saturated rings. The van der Waals surface area contributed by atoms with Gasteiger partial charge in [-0.25, -0.2) is 0 Å². The SMILES string of the molecule is CC(C)N1C[CH]CC1C. The predicted octanol–water partition coefficient (Wildman–Crippen LogP) is 1.69. The standard InChI is InChI=1S/C8H16N/c1-7(2)9-6-4-5-8(9)3/h4,7-8H,5-6H2,1-3H3. The molecule has 1 heterocycles. The van der Waals surface area contributed by atoms with E-state index in [2.05, 4.69) is 32.1 Å². The van der Waals surface area contributed by atoms with Crippen molar-refractivity contribution >= 4 is 0 Å². The van der Waals surface area contributed by atoms with E-state index >= 15 is 0 Å². The van der Waals surface area contributed by atoms with E-state index in [0.717, 1.165) is 12.1 Å². The Morgan fingerprint density at radius 3 is 2.44 bits per heavy atom. The Morgan fingerprint density at radius 2 is 2.22 bits per heavy atom. The molecule has 0 N–H and O–H groups in total. The fraction of sp³-hybridized carbons (Fsp3) is 0.875. The summed E-state index contributed by atoms with van der Waals surface area (Å²) in [4.78, 5) is 2.51. The zero-order valence-corrected chi connectivity index (χ0v) is 6.59. The maximum atomic E-state index is 2.51. The van der Waals surface area contributed by atoms with E-state index in [1.807, 2.05) is 0 Å². The molecule has 0 aromatic heterocycles. The highest BCUT2D eigenvalue weighted by Gasteiger charge is 2.21. The van der Waals surface area contributed by atoms with Crippen LogP contribution in [-0.4, -0.2) is 23.5 Å². The van der Waals surface area contributed by atoms with Crippen molar-refractivity contribution in [3.8, 4) is 0 Å². The monoisotopic (exact) mass is 126 g/mol. The van der Waals surface area contributed by atoms with Crippen LogP contribution in [0.1, 0.15) is 27.2 Å². The van der Waals surface area contributed by atoms with Crippen LogP contribution in [0.25, 0.3) is 0 Å². The van der Waals surface area contributed by atoms with Gasteiger partial charge >= 0.3 is 0 Å². The molecule has 9 heavy (non-hydrogen) atoms. The number of hydrogen-bond acceptors (Lipinski definition) is 1. The number of nitrogens with zero attached hydrogens (tertiary/aromatic N) is 1. The van der Waals surface area contributed by atoms with Crippen LogP contribution in [-0.2, 0) is 0 Å². The first kappa shape index (κ1) is 7.07. The molecule has 0 spiro atoms. The van der Waals surface area contributed by atoms with Crippen LogP contribution in [0.3, 0.4) is 0 Å². The molecule has 1 radical (unpaired) electrons. The molecule has 53 valence electrons. The molecule has 1 nitrogen and oxygen atoms in total. The lowest BCUT2D eigenvalue weighted by Crippen LogP contribution is -2.33.